The van der Waals surface area contributed by atoms with Crippen LogP contribution < -0.4 is 5.73 Å². The van der Waals surface area contributed by atoms with Crippen LogP contribution in [-0.2, 0) is 6.54 Å². The Hall–Kier alpha value is -1.89. The van der Waals surface area contributed by atoms with Gasteiger partial charge in [-0.25, -0.2) is 4.98 Å². The average molecular weight is 293 g/mol. The molecule has 2 heterocycles. The Morgan fingerprint density at radius 3 is 2.75 bits per heavy atom. The van der Waals surface area contributed by atoms with Gasteiger partial charge in [-0.15, -0.1) is 11.3 Å². The van der Waals surface area contributed by atoms with E-state index in [1.54, 1.807) is 23.3 Å². The lowest BCUT2D eigenvalue weighted by atomic mass is 10.1. The van der Waals surface area contributed by atoms with Crippen LogP contribution in [0.4, 0.5) is 5.69 Å². The first-order valence-electron chi connectivity index (χ1n) is 6.40. The Labute approximate surface area is 122 Å². The van der Waals surface area contributed by atoms with Crippen molar-refractivity contribution >= 4 is 22.9 Å². The van der Waals surface area contributed by atoms with Crippen molar-refractivity contribution in [2.45, 2.75) is 33.2 Å². The highest BCUT2D eigenvalue weighted by Crippen LogP contribution is 2.23. The molecule has 6 nitrogen and oxygen atoms in total. The number of nitrogens with zero attached hydrogens (tertiary/aromatic N) is 3. The predicted molar refractivity (Wildman–Crippen MR) is 79.7 cm³/mol. The molecule has 0 atom stereocenters. The fraction of sp³-hybridized carbons (Fsp3) is 0.462. The van der Waals surface area contributed by atoms with Gasteiger partial charge in [0.15, 0.2) is 5.69 Å². The Morgan fingerprint density at radius 1 is 1.55 bits per heavy atom. The van der Waals surface area contributed by atoms with Crippen molar-refractivity contribution in [2.75, 3.05) is 12.8 Å². The van der Waals surface area contributed by atoms with E-state index in [0.717, 1.165) is 16.4 Å². The quantitative estimate of drug-likeness (QED) is 0.904. The number of H-pyrrole nitrogens is 1. The van der Waals surface area contributed by atoms with E-state index in [1.165, 1.54) is 0 Å². The average Bonchev–Trinajstić information content (AvgIpc) is 2.94. The molecule has 2 aromatic heterocycles. The number of nitrogens with two attached hydrogens (primary N) is 1. The van der Waals surface area contributed by atoms with Gasteiger partial charge in [-0.2, -0.15) is 5.10 Å². The molecule has 3 N–H and O–H groups in total. The van der Waals surface area contributed by atoms with E-state index in [1.807, 2.05) is 26.2 Å². The van der Waals surface area contributed by atoms with Crippen molar-refractivity contribution in [1.82, 2.24) is 20.1 Å². The Balaban J connectivity index is 2.14. The summed E-state index contributed by atoms with van der Waals surface area (Å²) in [6, 6.07) is 0. The number of hydrogen-bond acceptors (Lipinski definition) is 5. The summed E-state index contributed by atoms with van der Waals surface area (Å²) < 4.78 is 0. The summed E-state index contributed by atoms with van der Waals surface area (Å²) in [5.74, 6) is 0.00634. The van der Waals surface area contributed by atoms with Gasteiger partial charge in [0.05, 0.1) is 28.6 Å². The van der Waals surface area contributed by atoms with E-state index < -0.39 is 0 Å². The number of thiazole rings is 1. The van der Waals surface area contributed by atoms with Crippen LogP contribution in [0, 0.1) is 6.92 Å². The first-order valence-corrected chi connectivity index (χ1v) is 7.28. The van der Waals surface area contributed by atoms with Crippen molar-refractivity contribution in [1.29, 1.82) is 0 Å². The smallest absolute Gasteiger partial charge is 0.276 e. The van der Waals surface area contributed by atoms with Crippen LogP contribution in [0.1, 0.15) is 46.6 Å². The zero-order chi connectivity index (χ0) is 14.9. The van der Waals surface area contributed by atoms with Crippen LogP contribution in [0.5, 0.6) is 0 Å². The first kappa shape index (κ1) is 14.5. The summed E-state index contributed by atoms with van der Waals surface area (Å²) >= 11 is 1.57. The lowest BCUT2D eigenvalue weighted by molar-refractivity contribution is 0.0779. The minimum absolute atomic E-state index is 0.198. The van der Waals surface area contributed by atoms with Gasteiger partial charge in [0.25, 0.3) is 5.91 Å². The van der Waals surface area contributed by atoms with E-state index in [2.05, 4.69) is 15.2 Å². The summed E-state index contributed by atoms with van der Waals surface area (Å²) in [6.45, 7) is 6.39. The second-order valence-corrected chi connectivity index (χ2v) is 6.14. The number of nitrogens with one attached hydrogen (secondary N) is 1. The molecule has 1 amide bonds. The number of aryl methyl sites for hydroxylation is 1. The Morgan fingerprint density at radius 2 is 2.25 bits per heavy atom. The number of rotatable bonds is 4. The van der Waals surface area contributed by atoms with E-state index in [0.29, 0.717) is 12.2 Å². The molecule has 0 aromatic carbocycles. The van der Waals surface area contributed by atoms with Gasteiger partial charge in [0.2, 0.25) is 0 Å². The molecule has 0 aliphatic heterocycles. The lowest BCUT2D eigenvalue weighted by Crippen LogP contribution is -2.27. The molecule has 0 bridgehead atoms. The Kier molecular flexibility index (Phi) is 4.08. The topological polar surface area (TPSA) is 87.9 Å². The number of anilines is 1. The molecule has 0 radical (unpaired) electrons. The van der Waals surface area contributed by atoms with Crippen molar-refractivity contribution in [2.24, 2.45) is 0 Å². The largest absolute Gasteiger partial charge is 0.395 e. The Bertz CT molecular complexity index is 616. The molecule has 2 aromatic rings. The summed E-state index contributed by atoms with van der Waals surface area (Å²) in [5.41, 5.74) is 8.38. The molecular weight excluding hydrogens is 274 g/mol. The molecule has 7 heteroatoms. The molecule has 0 saturated heterocycles. The van der Waals surface area contributed by atoms with E-state index in [9.17, 15) is 4.79 Å². The van der Waals surface area contributed by atoms with Crippen LogP contribution in [0.2, 0.25) is 0 Å². The molecular formula is C13H19N5OS. The van der Waals surface area contributed by atoms with Gasteiger partial charge in [0, 0.05) is 12.4 Å². The molecule has 0 aliphatic carbocycles. The SMILES string of the molecule is Cc1nc(CN(C)C(=O)c2n[nH]c(C(C)C)c2N)cs1. The van der Waals surface area contributed by atoms with Crippen LogP contribution >= 0.6 is 11.3 Å². The van der Waals surface area contributed by atoms with Crippen LogP contribution in [0.3, 0.4) is 0 Å². The summed E-state index contributed by atoms with van der Waals surface area (Å²) in [4.78, 5) is 18.3. The highest BCUT2D eigenvalue weighted by Gasteiger charge is 2.22. The van der Waals surface area contributed by atoms with Crippen LogP contribution in [0.15, 0.2) is 5.38 Å². The van der Waals surface area contributed by atoms with Gasteiger partial charge >= 0.3 is 0 Å². The normalized spacial score (nSPS) is 11.1. The van der Waals surface area contributed by atoms with Crippen molar-refractivity contribution in [3.05, 3.63) is 27.5 Å². The highest BCUT2D eigenvalue weighted by molar-refractivity contribution is 7.09. The second-order valence-electron chi connectivity index (χ2n) is 5.07. The minimum atomic E-state index is -0.198. The van der Waals surface area contributed by atoms with Gasteiger partial charge in [0.1, 0.15) is 0 Å². The zero-order valence-corrected chi connectivity index (χ0v) is 12.9. The molecule has 108 valence electrons. The highest BCUT2D eigenvalue weighted by atomic mass is 32.1. The molecule has 20 heavy (non-hydrogen) atoms. The van der Waals surface area contributed by atoms with Gasteiger partial charge in [-0.05, 0) is 12.8 Å². The number of amides is 1. The molecule has 0 unspecified atom stereocenters. The number of nitrogen functional groups attached to an aromatic ring is 1. The van der Waals surface area contributed by atoms with Gasteiger partial charge in [-0.3, -0.25) is 9.89 Å². The van der Waals surface area contributed by atoms with Crippen LogP contribution in [-0.4, -0.2) is 33.0 Å². The van der Waals surface area contributed by atoms with E-state index in [4.69, 9.17) is 5.73 Å². The number of hydrogen-bond donors (Lipinski definition) is 2. The monoisotopic (exact) mass is 293 g/mol. The minimum Gasteiger partial charge on any atom is -0.395 e. The number of carbonyl (C=O) groups is 1. The number of aromatic nitrogens is 3. The number of carbonyl (C=O) groups excluding carboxylic acids is 1. The maximum absolute atomic E-state index is 12.4. The third kappa shape index (κ3) is 2.82. The molecule has 0 aliphatic rings. The standard InChI is InChI=1S/C13H19N5OS/c1-7(2)11-10(14)12(17-16-11)13(19)18(4)5-9-6-20-8(3)15-9/h6-7H,5,14H2,1-4H3,(H,16,17). The predicted octanol–water partition coefficient (Wildman–Crippen LogP) is 2.15. The lowest BCUT2D eigenvalue weighted by Gasteiger charge is -2.14. The summed E-state index contributed by atoms with van der Waals surface area (Å²) in [6.07, 6.45) is 0. The molecule has 0 spiro atoms. The fourth-order valence-electron chi connectivity index (χ4n) is 1.94. The first-order chi connectivity index (χ1) is 9.40. The van der Waals surface area contributed by atoms with E-state index >= 15 is 0 Å². The fourth-order valence-corrected chi connectivity index (χ4v) is 2.55. The number of aromatic amines is 1. The third-order valence-corrected chi connectivity index (χ3v) is 3.85. The summed E-state index contributed by atoms with van der Waals surface area (Å²) in [7, 11) is 1.72. The van der Waals surface area contributed by atoms with Crippen molar-refractivity contribution in [3.63, 3.8) is 0 Å². The van der Waals surface area contributed by atoms with E-state index in [-0.39, 0.29) is 17.5 Å². The third-order valence-electron chi connectivity index (χ3n) is 3.03. The van der Waals surface area contributed by atoms with Gasteiger partial charge in [-0.1, -0.05) is 13.8 Å². The zero-order valence-electron chi connectivity index (χ0n) is 12.1. The molecule has 2 rings (SSSR count). The van der Waals surface area contributed by atoms with Crippen molar-refractivity contribution in [3.8, 4) is 0 Å². The summed E-state index contributed by atoms with van der Waals surface area (Å²) in [5, 5.41) is 9.83. The second kappa shape index (κ2) is 5.62. The van der Waals surface area contributed by atoms with Crippen LogP contribution in [0.25, 0.3) is 0 Å². The van der Waals surface area contributed by atoms with Crippen molar-refractivity contribution < 1.29 is 4.79 Å². The maximum Gasteiger partial charge on any atom is 0.276 e. The molecule has 0 saturated carbocycles. The van der Waals surface area contributed by atoms with Gasteiger partial charge < -0.3 is 10.6 Å². The maximum atomic E-state index is 12.4. The molecule has 0 fully saturated rings.